The van der Waals surface area contributed by atoms with Crippen LogP contribution in [0.15, 0.2) is 36.4 Å². The van der Waals surface area contributed by atoms with Gasteiger partial charge in [-0.1, -0.05) is 50.0 Å². The van der Waals surface area contributed by atoms with Gasteiger partial charge in [-0.3, -0.25) is 14.9 Å². The van der Waals surface area contributed by atoms with E-state index < -0.39 is 47.3 Å². The van der Waals surface area contributed by atoms with E-state index in [-0.39, 0.29) is 16.3 Å². The average molecular weight is 579 g/mol. The first kappa shape index (κ1) is 29.7. The molecule has 1 fully saturated rings. The van der Waals surface area contributed by atoms with Gasteiger partial charge in [0.15, 0.2) is 0 Å². The van der Waals surface area contributed by atoms with E-state index in [4.69, 9.17) is 33.1 Å². The third-order valence-electron chi connectivity index (χ3n) is 6.37. The Hall–Kier alpha value is -2.89. The monoisotopic (exact) mass is 578 g/mol. The van der Waals surface area contributed by atoms with Crippen LogP contribution >= 0.6 is 23.2 Å². The van der Waals surface area contributed by atoms with Crippen molar-refractivity contribution in [1.82, 2.24) is 5.32 Å². The summed E-state index contributed by atoms with van der Waals surface area (Å²) in [5.41, 5.74) is 0.0687. The molecule has 0 radical (unpaired) electrons. The van der Waals surface area contributed by atoms with Crippen LogP contribution in [0.25, 0.3) is 0 Å². The summed E-state index contributed by atoms with van der Waals surface area (Å²) in [5.74, 6) is -5.67. The minimum Gasteiger partial charge on any atom is -0.480 e. The lowest BCUT2D eigenvalue weighted by molar-refractivity contribution is -0.192. The number of anilines is 1. The van der Waals surface area contributed by atoms with Crippen LogP contribution in [0.1, 0.15) is 44.2 Å². The lowest BCUT2D eigenvalue weighted by Gasteiger charge is -2.37. The number of carboxylic acids is 2. The first-order chi connectivity index (χ1) is 17.4. The Labute approximate surface area is 225 Å². The van der Waals surface area contributed by atoms with Crippen molar-refractivity contribution < 1.29 is 42.2 Å². The topological polar surface area (TPSA) is 116 Å². The van der Waals surface area contributed by atoms with Crippen molar-refractivity contribution in [2.45, 2.75) is 56.8 Å². The number of alkyl halides is 3. The highest BCUT2D eigenvalue weighted by Crippen LogP contribution is 2.56. The van der Waals surface area contributed by atoms with Crippen molar-refractivity contribution in [2.75, 3.05) is 5.32 Å². The van der Waals surface area contributed by atoms with Gasteiger partial charge in [0.1, 0.15) is 17.3 Å². The third-order valence-corrected chi connectivity index (χ3v) is 6.83. The van der Waals surface area contributed by atoms with Crippen LogP contribution in [0, 0.1) is 11.2 Å². The number of aliphatic carboxylic acids is 2. The van der Waals surface area contributed by atoms with E-state index in [1.807, 2.05) is 20.8 Å². The minimum atomic E-state index is -5.08. The summed E-state index contributed by atoms with van der Waals surface area (Å²) in [4.78, 5) is 34.9. The third kappa shape index (κ3) is 5.74. The van der Waals surface area contributed by atoms with Crippen LogP contribution in [0.5, 0.6) is 0 Å². The van der Waals surface area contributed by atoms with E-state index in [1.165, 1.54) is 12.1 Å². The Morgan fingerprint density at radius 3 is 2.13 bits per heavy atom. The van der Waals surface area contributed by atoms with Gasteiger partial charge in [0.2, 0.25) is 5.91 Å². The molecule has 2 aromatic rings. The molecule has 4 rings (SSSR count). The number of rotatable bonds is 3. The fourth-order valence-corrected chi connectivity index (χ4v) is 5.57. The molecule has 38 heavy (non-hydrogen) atoms. The molecular weight excluding hydrogens is 555 g/mol. The fourth-order valence-electron chi connectivity index (χ4n) is 5.16. The van der Waals surface area contributed by atoms with Crippen LogP contribution in [0.4, 0.5) is 23.2 Å². The SMILES string of the molecule is CC(C)(C)C[C@@H]1N[C@@H](C(=O)O)[C@H](c2cc(F)cc(Cl)c2)C12C(=O)Nc1cc(Cl)ccc12.O=C(O)C(F)(F)F. The zero-order valence-electron chi connectivity index (χ0n) is 20.3. The molecule has 1 spiro atoms. The summed E-state index contributed by atoms with van der Waals surface area (Å²) < 4.78 is 46.1. The van der Waals surface area contributed by atoms with E-state index in [9.17, 15) is 32.3 Å². The van der Waals surface area contributed by atoms with Gasteiger partial charge < -0.3 is 15.5 Å². The van der Waals surface area contributed by atoms with Crippen LogP contribution in [0.2, 0.25) is 10.0 Å². The second kappa shape index (κ2) is 10.3. The maximum atomic E-state index is 14.3. The summed E-state index contributed by atoms with van der Waals surface area (Å²) in [6, 6.07) is 7.42. The highest BCUT2D eigenvalue weighted by atomic mass is 35.5. The Bertz CT molecular complexity index is 1260. The number of carbonyl (C=O) groups excluding carboxylic acids is 1. The molecular formula is C25H24Cl2F4N2O5. The second-order valence-electron chi connectivity index (χ2n) is 10.3. The number of nitrogens with one attached hydrogen (secondary N) is 2. The molecule has 2 aliphatic rings. The first-order valence-corrected chi connectivity index (χ1v) is 12.0. The van der Waals surface area contributed by atoms with Gasteiger partial charge in [0.05, 0.1) is 0 Å². The largest absolute Gasteiger partial charge is 0.490 e. The predicted octanol–water partition coefficient (Wildman–Crippen LogP) is 5.60. The molecule has 0 bridgehead atoms. The highest BCUT2D eigenvalue weighted by molar-refractivity contribution is 6.31. The zero-order chi connectivity index (χ0) is 28.8. The fraction of sp³-hybridized carbons (Fsp3) is 0.400. The summed E-state index contributed by atoms with van der Waals surface area (Å²) in [6.45, 7) is 6.08. The van der Waals surface area contributed by atoms with E-state index in [2.05, 4.69) is 10.6 Å². The molecule has 0 aromatic heterocycles. The normalized spacial score (nSPS) is 24.4. The number of halogens is 6. The number of benzene rings is 2. The van der Waals surface area contributed by atoms with Gasteiger partial charge in [-0.15, -0.1) is 0 Å². The number of hydrogen-bond donors (Lipinski definition) is 4. The van der Waals surface area contributed by atoms with Gasteiger partial charge in [0.25, 0.3) is 0 Å². The molecule has 1 amide bonds. The number of carbonyl (C=O) groups is 3. The van der Waals surface area contributed by atoms with Crippen LogP contribution in [-0.2, 0) is 19.8 Å². The Kier molecular flexibility index (Phi) is 8.08. The molecule has 0 saturated carbocycles. The Morgan fingerprint density at radius 2 is 1.63 bits per heavy atom. The lowest BCUT2D eigenvalue weighted by atomic mass is 9.62. The molecule has 2 aliphatic heterocycles. The average Bonchev–Trinajstić information content (AvgIpc) is 3.21. The van der Waals surface area contributed by atoms with Crippen molar-refractivity contribution in [3.63, 3.8) is 0 Å². The van der Waals surface area contributed by atoms with Crippen molar-refractivity contribution in [1.29, 1.82) is 0 Å². The molecule has 1 saturated heterocycles. The molecule has 4 atom stereocenters. The van der Waals surface area contributed by atoms with Crippen molar-refractivity contribution >= 4 is 46.7 Å². The molecule has 0 aliphatic carbocycles. The summed E-state index contributed by atoms with van der Waals surface area (Å²) in [7, 11) is 0. The van der Waals surface area contributed by atoms with E-state index in [1.54, 1.807) is 18.2 Å². The Morgan fingerprint density at radius 1 is 1.03 bits per heavy atom. The van der Waals surface area contributed by atoms with Crippen molar-refractivity contribution in [3.8, 4) is 0 Å². The number of amides is 1. The first-order valence-electron chi connectivity index (χ1n) is 11.2. The molecule has 206 valence electrons. The van der Waals surface area contributed by atoms with Crippen molar-refractivity contribution in [3.05, 3.63) is 63.4 Å². The lowest BCUT2D eigenvalue weighted by Crippen LogP contribution is -2.49. The maximum absolute atomic E-state index is 14.3. The minimum absolute atomic E-state index is 0.142. The standard InChI is InChI=1S/C23H23Cl2FN2O3.C2HF3O2/c1-22(2,3)10-17-23(15-5-4-12(24)9-16(15)27-21(23)31)18(19(28-17)20(29)30)11-6-13(25)8-14(26)7-11;3-2(4,5)1(6)7/h4-9,17-19,28H,10H2,1-3H3,(H,27,31)(H,29,30);(H,6,7)/t17-,18-,19+,23?;/m0./s1. The number of carboxylic acid groups (broad SMARTS) is 2. The molecule has 2 heterocycles. The Balaban J connectivity index is 0.000000505. The van der Waals surface area contributed by atoms with Gasteiger partial charge in [-0.05, 0) is 53.3 Å². The van der Waals surface area contributed by atoms with Crippen LogP contribution < -0.4 is 10.6 Å². The zero-order valence-corrected chi connectivity index (χ0v) is 21.8. The van der Waals surface area contributed by atoms with Crippen LogP contribution in [0.3, 0.4) is 0 Å². The molecule has 1 unspecified atom stereocenters. The quantitative estimate of drug-likeness (QED) is 0.352. The number of hydrogen-bond acceptors (Lipinski definition) is 4. The molecule has 13 heteroatoms. The van der Waals surface area contributed by atoms with Crippen LogP contribution in [-0.4, -0.2) is 46.3 Å². The summed E-state index contributed by atoms with van der Waals surface area (Å²) >= 11 is 12.3. The summed E-state index contributed by atoms with van der Waals surface area (Å²) in [6.07, 6.45) is -4.56. The molecule has 4 N–H and O–H groups in total. The van der Waals surface area contributed by atoms with Gasteiger partial charge >= 0.3 is 18.1 Å². The van der Waals surface area contributed by atoms with Gasteiger partial charge in [-0.25, -0.2) is 9.18 Å². The molecule has 2 aromatic carbocycles. The highest BCUT2D eigenvalue weighted by Gasteiger charge is 2.66. The van der Waals surface area contributed by atoms with E-state index >= 15 is 0 Å². The second-order valence-corrected chi connectivity index (χ2v) is 11.2. The smallest absolute Gasteiger partial charge is 0.480 e. The predicted molar refractivity (Wildman–Crippen MR) is 132 cm³/mol. The van der Waals surface area contributed by atoms with Gasteiger partial charge in [-0.2, -0.15) is 13.2 Å². The molecule has 7 nitrogen and oxygen atoms in total. The van der Waals surface area contributed by atoms with Gasteiger partial charge in [0, 0.05) is 27.7 Å². The summed E-state index contributed by atoms with van der Waals surface area (Å²) in [5, 5.41) is 23.9. The van der Waals surface area contributed by atoms with E-state index in [0.29, 0.717) is 28.3 Å². The van der Waals surface area contributed by atoms with E-state index in [0.717, 1.165) is 6.07 Å². The number of fused-ring (bicyclic) bond motifs is 2. The van der Waals surface area contributed by atoms with Crippen molar-refractivity contribution in [2.24, 2.45) is 5.41 Å². The maximum Gasteiger partial charge on any atom is 0.490 e.